The van der Waals surface area contributed by atoms with Crippen molar-refractivity contribution in [2.24, 2.45) is 0 Å². The lowest BCUT2D eigenvalue weighted by atomic mass is 9.95. The van der Waals surface area contributed by atoms with Gasteiger partial charge in [0.05, 0.1) is 18.3 Å². The van der Waals surface area contributed by atoms with Crippen molar-refractivity contribution in [1.82, 2.24) is 9.97 Å². The molecular formula is C11H16N2O2. The molecule has 0 bridgehead atoms. The van der Waals surface area contributed by atoms with Gasteiger partial charge >= 0.3 is 0 Å². The first kappa shape index (κ1) is 11.6. The van der Waals surface area contributed by atoms with E-state index in [0.717, 1.165) is 0 Å². The van der Waals surface area contributed by atoms with Gasteiger partial charge in [0.15, 0.2) is 5.75 Å². The van der Waals surface area contributed by atoms with E-state index in [1.54, 1.807) is 0 Å². The zero-order valence-corrected chi connectivity index (χ0v) is 9.53. The molecule has 0 radical (unpaired) electrons. The predicted molar refractivity (Wildman–Crippen MR) is 56.8 cm³/mol. The summed E-state index contributed by atoms with van der Waals surface area (Å²) < 4.78 is 0. The van der Waals surface area contributed by atoms with Crippen LogP contribution in [0, 0.1) is 0 Å². The van der Waals surface area contributed by atoms with Crippen molar-refractivity contribution in [1.29, 1.82) is 0 Å². The first-order valence-corrected chi connectivity index (χ1v) is 4.85. The summed E-state index contributed by atoms with van der Waals surface area (Å²) in [6, 6.07) is 0. The van der Waals surface area contributed by atoms with Crippen molar-refractivity contribution in [3.8, 4) is 5.75 Å². The second kappa shape index (κ2) is 3.96. The highest BCUT2D eigenvalue weighted by Crippen LogP contribution is 2.21. The van der Waals surface area contributed by atoms with E-state index >= 15 is 0 Å². The summed E-state index contributed by atoms with van der Waals surface area (Å²) in [5.74, 6) is 0.596. The fourth-order valence-corrected chi connectivity index (χ4v) is 1.14. The zero-order chi connectivity index (χ0) is 11.6. The summed E-state index contributed by atoms with van der Waals surface area (Å²) in [4.78, 5) is 19.2. The number of carbonyl (C=O) groups is 1. The molecule has 0 amide bonds. The smallest absolute Gasteiger partial charge is 0.155 e. The van der Waals surface area contributed by atoms with Gasteiger partial charge in [-0.05, 0) is 6.92 Å². The van der Waals surface area contributed by atoms with E-state index in [-0.39, 0.29) is 23.4 Å². The van der Waals surface area contributed by atoms with Crippen LogP contribution in [0.4, 0.5) is 0 Å². The molecule has 0 fully saturated rings. The van der Waals surface area contributed by atoms with Gasteiger partial charge in [0, 0.05) is 5.41 Å². The van der Waals surface area contributed by atoms with Crippen LogP contribution in [0.15, 0.2) is 6.20 Å². The monoisotopic (exact) mass is 208 g/mol. The summed E-state index contributed by atoms with van der Waals surface area (Å²) in [7, 11) is 0. The molecule has 0 unspecified atom stereocenters. The van der Waals surface area contributed by atoms with Crippen LogP contribution in [0.1, 0.15) is 39.2 Å². The quantitative estimate of drug-likeness (QED) is 0.802. The summed E-state index contributed by atoms with van der Waals surface area (Å²) in [6.07, 6.45) is 1.50. The molecule has 1 N–H and O–H groups in total. The van der Waals surface area contributed by atoms with Gasteiger partial charge in [-0.1, -0.05) is 20.8 Å². The number of hydrogen-bond donors (Lipinski definition) is 1. The van der Waals surface area contributed by atoms with E-state index in [9.17, 15) is 9.90 Å². The van der Waals surface area contributed by atoms with Gasteiger partial charge in [0.2, 0.25) is 0 Å². The lowest BCUT2D eigenvalue weighted by Gasteiger charge is -2.17. The Kier molecular flexibility index (Phi) is 3.07. The Labute approximate surface area is 89.4 Å². The minimum atomic E-state index is -0.181. The molecule has 4 nitrogen and oxygen atoms in total. The molecule has 1 heterocycles. The van der Waals surface area contributed by atoms with Gasteiger partial charge in [0.25, 0.3) is 0 Å². The molecular weight excluding hydrogens is 192 g/mol. The Hall–Kier alpha value is -1.45. The fraction of sp³-hybridized carbons (Fsp3) is 0.545. The summed E-state index contributed by atoms with van der Waals surface area (Å²) in [6.45, 7) is 7.42. The fourth-order valence-electron chi connectivity index (χ4n) is 1.14. The maximum Gasteiger partial charge on any atom is 0.155 e. The van der Waals surface area contributed by atoms with E-state index in [4.69, 9.17) is 0 Å². The van der Waals surface area contributed by atoms with Crippen LogP contribution < -0.4 is 0 Å². The van der Waals surface area contributed by atoms with Gasteiger partial charge in [-0.3, -0.25) is 4.79 Å². The third kappa shape index (κ3) is 3.01. The number of carbonyl (C=O) groups excluding carboxylic acids is 1. The zero-order valence-electron chi connectivity index (χ0n) is 9.53. The minimum absolute atomic E-state index is 0.0156. The summed E-state index contributed by atoms with van der Waals surface area (Å²) in [5, 5.41) is 9.47. The molecule has 0 saturated carbocycles. The molecule has 1 aromatic rings. The molecule has 1 aromatic heterocycles. The lowest BCUT2D eigenvalue weighted by molar-refractivity contribution is -0.116. The Morgan fingerprint density at radius 3 is 2.53 bits per heavy atom. The standard InChI is InChI=1S/C11H16N2O2/c1-7(14)5-8-9(15)6-12-10(13-8)11(2,3)4/h6,15H,5H2,1-4H3. The van der Waals surface area contributed by atoms with Crippen molar-refractivity contribution in [3.05, 3.63) is 17.7 Å². The van der Waals surface area contributed by atoms with Crippen LogP contribution in [0.3, 0.4) is 0 Å². The maximum absolute atomic E-state index is 11.0. The van der Waals surface area contributed by atoms with Crippen molar-refractivity contribution in [3.63, 3.8) is 0 Å². The Morgan fingerprint density at radius 2 is 2.07 bits per heavy atom. The highest BCUT2D eigenvalue weighted by Gasteiger charge is 2.19. The average Bonchev–Trinajstić information content (AvgIpc) is 2.06. The molecule has 4 heteroatoms. The van der Waals surface area contributed by atoms with Crippen molar-refractivity contribution >= 4 is 5.78 Å². The van der Waals surface area contributed by atoms with Gasteiger partial charge in [-0.2, -0.15) is 0 Å². The number of ketones is 1. The molecule has 0 atom stereocenters. The van der Waals surface area contributed by atoms with Crippen molar-refractivity contribution < 1.29 is 9.90 Å². The van der Waals surface area contributed by atoms with Gasteiger partial charge < -0.3 is 5.11 Å². The number of rotatable bonds is 2. The largest absolute Gasteiger partial charge is 0.504 e. The third-order valence-electron chi connectivity index (χ3n) is 1.93. The normalized spacial score (nSPS) is 11.5. The Bertz CT molecular complexity index is 381. The molecule has 0 aliphatic carbocycles. The second-order valence-corrected chi connectivity index (χ2v) is 4.65. The van der Waals surface area contributed by atoms with Crippen LogP contribution >= 0.6 is 0 Å². The highest BCUT2D eigenvalue weighted by atomic mass is 16.3. The van der Waals surface area contributed by atoms with Crippen molar-refractivity contribution in [2.75, 3.05) is 0 Å². The number of hydrogen-bond acceptors (Lipinski definition) is 4. The molecule has 1 rings (SSSR count). The van der Waals surface area contributed by atoms with Crippen LogP contribution in [-0.4, -0.2) is 20.9 Å². The second-order valence-electron chi connectivity index (χ2n) is 4.65. The molecule has 0 aromatic carbocycles. The average molecular weight is 208 g/mol. The van der Waals surface area contributed by atoms with Crippen LogP contribution in [0.5, 0.6) is 5.75 Å². The summed E-state index contributed by atoms with van der Waals surface area (Å²) in [5.41, 5.74) is 0.224. The topological polar surface area (TPSA) is 63.1 Å². The molecule has 82 valence electrons. The van der Waals surface area contributed by atoms with Gasteiger partial charge in [-0.25, -0.2) is 9.97 Å². The summed E-state index contributed by atoms with van der Waals surface area (Å²) >= 11 is 0. The van der Waals surface area contributed by atoms with Crippen LogP contribution in [-0.2, 0) is 16.6 Å². The maximum atomic E-state index is 11.0. The molecule has 0 aliphatic rings. The van der Waals surface area contributed by atoms with Gasteiger partial charge in [-0.15, -0.1) is 0 Å². The number of aromatic hydroxyl groups is 1. The van der Waals surface area contributed by atoms with Crippen molar-refractivity contribution in [2.45, 2.75) is 39.5 Å². The Morgan fingerprint density at radius 1 is 1.47 bits per heavy atom. The molecule has 0 saturated heterocycles. The molecule has 15 heavy (non-hydrogen) atoms. The van der Waals surface area contributed by atoms with E-state index in [2.05, 4.69) is 9.97 Å². The molecule has 0 aliphatic heterocycles. The van der Waals surface area contributed by atoms with E-state index in [0.29, 0.717) is 11.5 Å². The van der Waals surface area contributed by atoms with Gasteiger partial charge in [0.1, 0.15) is 11.6 Å². The first-order chi connectivity index (χ1) is 6.80. The highest BCUT2D eigenvalue weighted by molar-refractivity contribution is 5.78. The number of Topliss-reactive ketones (excluding diaryl/α,β-unsaturated/α-hetero) is 1. The van der Waals surface area contributed by atoms with Crippen LogP contribution in [0.25, 0.3) is 0 Å². The number of nitrogens with zero attached hydrogens (tertiary/aromatic N) is 2. The predicted octanol–water partition coefficient (Wildman–Crippen LogP) is 1.61. The van der Waals surface area contributed by atoms with E-state index in [1.165, 1.54) is 13.1 Å². The third-order valence-corrected chi connectivity index (χ3v) is 1.93. The van der Waals surface area contributed by atoms with Crippen LogP contribution in [0.2, 0.25) is 0 Å². The minimum Gasteiger partial charge on any atom is -0.504 e. The SMILES string of the molecule is CC(=O)Cc1nc(C(C)(C)C)ncc1O. The molecule has 0 spiro atoms. The Balaban J connectivity index is 3.11. The van der Waals surface area contributed by atoms with E-state index in [1.807, 2.05) is 20.8 Å². The van der Waals surface area contributed by atoms with E-state index < -0.39 is 0 Å². The first-order valence-electron chi connectivity index (χ1n) is 4.85. The lowest BCUT2D eigenvalue weighted by Crippen LogP contribution is -2.17. The number of aromatic nitrogens is 2.